The highest BCUT2D eigenvalue weighted by Gasteiger charge is 2.13. The first-order valence-electron chi connectivity index (χ1n) is 8.06. The van der Waals surface area contributed by atoms with Crippen molar-refractivity contribution in [3.63, 3.8) is 0 Å². The minimum Gasteiger partial charge on any atom is -0.306 e. The molecule has 2 heterocycles. The molecule has 25 heavy (non-hydrogen) atoms. The van der Waals surface area contributed by atoms with Gasteiger partial charge in [0.1, 0.15) is 0 Å². The molecule has 0 atom stereocenters. The molecule has 122 valence electrons. The van der Waals surface area contributed by atoms with Gasteiger partial charge in [0.15, 0.2) is 7.85 Å². The van der Waals surface area contributed by atoms with Gasteiger partial charge in [-0.3, -0.25) is 15.0 Å². The monoisotopic (exact) mass is 346 g/mol. The number of nitrogens with zero attached hydrogens (tertiary/aromatic N) is 3. The summed E-state index contributed by atoms with van der Waals surface area (Å²) in [6.45, 7) is 0.547. The molecule has 0 aliphatic carbocycles. The van der Waals surface area contributed by atoms with Crippen molar-refractivity contribution < 1.29 is 0 Å². The van der Waals surface area contributed by atoms with Crippen molar-refractivity contribution in [1.29, 1.82) is 5.41 Å². The van der Waals surface area contributed by atoms with E-state index in [0.717, 1.165) is 27.9 Å². The summed E-state index contributed by atoms with van der Waals surface area (Å²) in [5.74, 6) is 0. The van der Waals surface area contributed by atoms with Crippen LogP contribution < -0.4 is 11.2 Å². The van der Waals surface area contributed by atoms with E-state index in [9.17, 15) is 0 Å². The van der Waals surface area contributed by atoms with E-state index in [1.54, 1.807) is 6.20 Å². The second-order valence-electron chi connectivity index (χ2n) is 5.98. The van der Waals surface area contributed by atoms with Crippen molar-refractivity contribution >= 4 is 36.1 Å². The summed E-state index contributed by atoms with van der Waals surface area (Å²) in [7, 11) is 1.96. The number of fused-ring (bicyclic) bond motifs is 1. The van der Waals surface area contributed by atoms with E-state index in [0.29, 0.717) is 17.2 Å². The molecule has 0 saturated carbocycles. The first-order valence-corrected chi connectivity index (χ1v) is 8.44. The first kappa shape index (κ1) is 15.7. The summed E-state index contributed by atoms with van der Waals surface area (Å²) >= 11 is 6.33. The minimum atomic E-state index is 0.395. The number of rotatable bonds is 3. The minimum absolute atomic E-state index is 0.395. The molecule has 0 aliphatic rings. The van der Waals surface area contributed by atoms with Crippen LogP contribution in [0.25, 0.3) is 16.7 Å². The Morgan fingerprint density at radius 3 is 2.40 bits per heavy atom. The third-order valence-corrected chi connectivity index (χ3v) is 4.69. The summed E-state index contributed by atoms with van der Waals surface area (Å²) in [4.78, 5) is 4.38. The van der Waals surface area contributed by atoms with Crippen LogP contribution in [0, 0.1) is 5.41 Å². The zero-order valence-electron chi connectivity index (χ0n) is 13.8. The number of para-hydroxylation sites is 2. The summed E-state index contributed by atoms with van der Waals surface area (Å²) < 4.78 is 3.88. The lowest BCUT2D eigenvalue weighted by molar-refractivity contribution is 0.723. The number of benzene rings is 2. The fraction of sp³-hybridized carbons (Fsp3) is 0.0526. The molecule has 0 aliphatic heterocycles. The van der Waals surface area contributed by atoms with Crippen molar-refractivity contribution in [2.24, 2.45) is 0 Å². The highest BCUT2D eigenvalue weighted by atomic mass is 35.5. The molecule has 4 aromatic rings. The van der Waals surface area contributed by atoms with Crippen LogP contribution in [0.1, 0.15) is 5.56 Å². The van der Waals surface area contributed by atoms with Gasteiger partial charge < -0.3 is 4.57 Å². The van der Waals surface area contributed by atoms with Crippen LogP contribution in [0.2, 0.25) is 5.02 Å². The number of pyridine rings is 1. The number of hydrogen-bond donors (Lipinski definition) is 1. The second kappa shape index (κ2) is 6.26. The van der Waals surface area contributed by atoms with Gasteiger partial charge in [-0.15, -0.1) is 0 Å². The van der Waals surface area contributed by atoms with E-state index >= 15 is 0 Å². The average molecular weight is 347 g/mol. The lowest BCUT2D eigenvalue weighted by atomic mass is 10.0. The Kier molecular flexibility index (Phi) is 3.94. The van der Waals surface area contributed by atoms with Crippen LogP contribution in [0.3, 0.4) is 0 Å². The van der Waals surface area contributed by atoms with Crippen LogP contribution in [-0.2, 0) is 6.54 Å². The quantitative estimate of drug-likeness (QED) is 0.568. The van der Waals surface area contributed by atoms with Gasteiger partial charge in [0, 0.05) is 5.02 Å². The van der Waals surface area contributed by atoms with Crippen LogP contribution in [0.4, 0.5) is 0 Å². The smallest absolute Gasteiger partial charge is 0.208 e. The van der Waals surface area contributed by atoms with E-state index in [1.807, 2.05) is 77.6 Å². The van der Waals surface area contributed by atoms with E-state index in [1.165, 1.54) is 0 Å². The molecular weight excluding hydrogens is 331 g/mol. The number of hydrogen-bond acceptors (Lipinski definition) is 2. The Labute approximate surface area is 151 Å². The lowest BCUT2D eigenvalue weighted by Crippen LogP contribution is -2.24. The number of aromatic nitrogens is 3. The maximum absolute atomic E-state index is 8.74. The summed E-state index contributed by atoms with van der Waals surface area (Å²) in [5, 5.41) is 9.45. The Morgan fingerprint density at radius 2 is 1.68 bits per heavy atom. The molecular formula is C19H16BClN4. The van der Waals surface area contributed by atoms with Gasteiger partial charge in [-0.1, -0.05) is 41.9 Å². The van der Waals surface area contributed by atoms with Crippen LogP contribution in [0.5, 0.6) is 0 Å². The molecule has 0 radical (unpaired) electrons. The average Bonchev–Trinajstić information content (AvgIpc) is 2.90. The Morgan fingerprint density at radius 1 is 0.960 bits per heavy atom. The third kappa shape index (κ3) is 2.77. The number of halogens is 1. The molecule has 4 rings (SSSR count). The summed E-state index contributed by atoms with van der Waals surface area (Å²) in [6.07, 6.45) is 1.81. The Hall–Kier alpha value is -2.79. The predicted octanol–water partition coefficient (Wildman–Crippen LogP) is 2.27. The van der Waals surface area contributed by atoms with Crippen molar-refractivity contribution in [3.05, 3.63) is 83.1 Å². The largest absolute Gasteiger partial charge is 0.306 e. The Bertz CT molecular complexity index is 1110. The van der Waals surface area contributed by atoms with Crippen LogP contribution >= 0.6 is 11.6 Å². The molecule has 0 amide bonds. The van der Waals surface area contributed by atoms with E-state index < -0.39 is 0 Å². The van der Waals surface area contributed by atoms with Crippen molar-refractivity contribution in [2.45, 2.75) is 6.54 Å². The van der Waals surface area contributed by atoms with Gasteiger partial charge in [-0.05, 0) is 41.5 Å². The normalized spacial score (nSPS) is 11.1. The van der Waals surface area contributed by atoms with Gasteiger partial charge in [-0.25, -0.2) is 0 Å². The highest BCUT2D eigenvalue weighted by Crippen LogP contribution is 2.20. The van der Waals surface area contributed by atoms with Gasteiger partial charge in [0.25, 0.3) is 0 Å². The zero-order valence-corrected chi connectivity index (χ0v) is 14.5. The molecule has 0 spiro atoms. The fourth-order valence-electron chi connectivity index (χ4n) is 3.04. The molecule has 2 aromatic carbocycles. The predicted molar refractivity (Wildman–Crippen MR) is 104 cm³/mol. The van der Waals surface area contributed by atoms with Crippen molar-refractivity contribution in [3.8, 4) is 5.69 Å². The van der Waals surface area contributed by atoms with Crippen LogP contribution in [0.15, 0.2) is 66.9 Å². The summed E-state index contributed by atoms with van der Waals surface area (Å²) in [6, 6.07) is 19.7. The third-order valence-electron chi connectivity index (χ3n) is 4.32. The topological polar surface area (TPSA) is 46.6 Å². The maximum Gasteiger partial charge on any atom is 0.208 e. The van der Waals surface area contributed by atoms with Gasteiger partial charge in [0.05, 0.1) is 29.5 Å². The zero-order chi connectivity index (χ0) is 17.4. The SMILES string of the molecule is Bc1ccc(-n2c(=N)n(Cc3ccccc3Cl)c3ccccc32)cn1. The molecule has 0 unspecified atom stereocenters. The van der Waals surface area contributed by atoms with Gasteiger partial charge >= 0.3 is 0 Å². The van der Waals surface area contributed by atoms with E-state index in [4.69, 9.17) is 17.0 Å². The lowest BCUT2D eigenvalue weighted by Gasteiger charge is -2.07. The van der Waals surface area contributed by atoms with Crippen molar-refractivity contribution in [1.82, 2.24) is 14.1 Å². The number of nitrogens with one attached hydrogen (secondary N) is 1. The molecule has 0 bridgehead atoms. The molecule has 2 aromatic heterocycles. The van der Waals surface area contributed by atoms with Gasteiger partial charge in [0.2, 0.25) is 5.62 Å². The maximum atomic E-state index is 8.74. The first-order chi connectivity index (χ1) is 12.1. The molecule has 0 fully saturated rings. The molecule has 4 nitrogen and oxygen atoms in total. The summed E-state index contributed by atoms with van der Waals surface area (Å²) in [5.41, 5.74) is 5.19. The van der Waals surface area contributed by atoms with E-state index in [-0.39, 0.29) is 0 Å². The second-order valence-corrected chi connectivity index (χ2v) is 6.39. The standard InChI is InChI=1S/C19H16BClN4/c20-18-10-9-14(11-23-18)25-17-8-4-3-7-16(17)24(19(25)22)12-13-5-1-2-6-15(13)21/h1-11,22H,12,20H2. The van der Waals surface area contributed by atoms with Gasteiger partial charge in [-0.2, -0.15) is 0 Å². The highest BCUT2D eigenvalue weighted by molar-refractivity contribution is 6.31. The van der Waals surface area contributed by atoms with Crippen LogP contribution in [-0.4, -0.2) is 22.0 Å². The molecule has 1 N–H and O–H groups in total. The van der Waals surface area contributed by atoms with Crippen molar-refractivity contribution in [2.75, 3.05) is 0 Å². The molecule has 0 saturated heterocycles. The van der Waals surface area contributed by atoms with E-state index in [2.05, 4.69) is 4.98 Å². The number of imidazole rings is 1. The Balaban J connectivity index is 1.94. The molecule has 6 heteroatoms. The fourth-order valence-corrected chi connectivity index (χ4v) is 3.24.